The Morgan fingerprint density at radius 2 is 2.12 bits per heavy atom. The lowest BCUT2D eigenvalue weighted by atomic mass is 9.81. The number of ether oxygens (including phenoxy) is 1. The smallest absolute Gasteiger partial charge is 0.169 e. The fourth-order valence-electron chi connectivity index (χ4n) is 3.12. The third kappa shape index (κ3) is 2.78. The van der Waals surface area contributed by atoms with Crippen molar-refractivity contribution in [3.63, 3.8) is 0 Å². The molecule has 1 aromatic rings. The SMILES string of the molecule is COC1C=C2C(=CN(CCO)C(C#N)=C2c2ccccc2)CC1=O. The Kier molecular flexibility index (Phi) is 4.61. The number of hydrogen-bond acceptors (Lipinski definition) is 5. The molecule has 1 atom stereocenters. The van der Waals surface area contributed by atoms with Crippen molar-refractivity contribution < 1.29 is 14.6 Å². The molecular weight excluding hydrogens is 304 g/mol. The first-order valence-electron chi connectivity index (χ1n) is 7.75. The van der Waals surface area contributed by atoms with E-state index >= 15 is 0 Å². The molecular formula is C19H18N2O3. The first-order chi connectivity index (χ1) is 11.7. The topological polar surface area (TPSA) is 73.6 Å². The number of aliphatic hydroxyl groups excluding tert-OH is 1. The highest BCUT2D eigenvalue weighted by atomic mass is 16.5. The Hall–Kier alpha value is -2.68. The molecule has 1 N–H and O–H groups in total. The molecule has 1 unspecified atom stereocenters. The zero-order valence-corrected chi connectivity index (χ0v) is 13.4. The fourth-order valence-corrected chi connectivity index (χ4v) is 3.12. The van der Waals surface area contributed by atoms with Crippen LogP contribution in [0.3, 0.4) is 0 Å². The molecule has 0 saturated heterocycles. The number of fused-ring (bicyclic) bond motifs is 1. The number of benzene rings is 1. The highest BCUT2D eigenvalue weighted by molar-refractivity contribution is 5.98. The van der Waals surface area contributed by atoms with Crippen molar-refractivity contribution in [2.24, 2.45) is 0 Å². The van der Waals surface area contributed by atoms with Crippen molar-refractivity contribution in [1.29, 1.82) is 5.26 Å². The van der Waals surface area contributed by atoms with E-state index in [2.05, 4.69) is 6.07 Å². The normalized spacial score (nSPS) is 20.3. The van der Waals surface area contributed by atoms with Gasteiger partial charge in [-0.1, -0.05) is 30.3 Å². The molecule has 0 aromatic heterocycles. The zero-order valence-electron chi connectivity index (χ0n) is 13.4. The number of rotatable bonds is 4. The maximum Gasteiger partial charge on any atom is 0.169 e. The molecule has 1 aliphatic heterocycles. The van der Waals surface area contributed by atoms with Crippen molar-refractivity contribution in [2.45, 2.75) is 12.5 Å². The first-order valence-corrected chi connectivity index (χ1v) is 7.75. The summed E-state index contributed by atoms with van der Waals surface area (Å²) in [5.74, 6) is -0.00994. The van der Waals surface area contributed by atoms with E-state index in [1.54, 1.807) is 17.2 Å². The molecule has 0 radical (unpaired) electrons. The molecule has 0 spiro atoms. The van der Waals surface area contributed by atoms with Gasteiger partial charge in [0.25, 0.3) is 0 Å². The number of nitrogens with zero attached hydrogens (tertiary/aromatic N) is 2. The first kappa shape index (κ1) is 16.2. The molecule has 1 aliphatic carbocycles. The Balaban J connectivity index is 2.21. The number of allylic oxidation sites excluding steroid dienone is 4. The van der Waals surface area contributed by atoms with Gasteiger partial charge in [-0.05, 0) is 22.8 Å². The van der Waals surface area contributed by atoms with Gasteiger partial charge < -0.3 is 14.7 Å². The van der Waals surface area contributed by atoms with Gasteiger partial charge in [0.15, 0.2) is 5.78 Å². The highest BCUT2D eigenvalue weighted by Gasteiger charge is 2.33. The number of methoxy groups -OCH3 is 1. The minimum Gasteiger partial charge on any atom is -0.395 e. The van der Waals surface area contributed by atoms with Crippen LogP contribution in [-0.2, 0) is 9.53 Å². The van der Waals surface area contributed by atoms with Crippen LogP contribution < -0.4 is 0 Å². The van der Waals surface area contributed by atoms with E-state index < -0.39 is 6.10 Å². The van der Waals surface area contributed by atoms with Crippen molar-refractivity contribution in [3.05, 3.63) is 65.0 Å². The highest BCUT2D eigenvalue weighted by Crippen LogP contribution is 2.40. The molecule has 5 heteroatoms. The van der Waals surface area contributed by atoms with Gasteiger partial charge in [-0.25, -0.2) is 0 Å². The summed E-state index contributed by atoms with van der Waals surface area (Å²) >= 11 is 0. The van der Waals surface area contributed by atoms with Crippen LogP contribution in [0, 0.1) is 11.3 Å². The summed E-state index contributed by atoms with van der Waals surface area (Å²) in [6.45, 7) is 0.225. The number of hydrogen-bond donors (Lipinski definition) is 1. The number of nitriles is 1. The Morgan fingerprint density at radius 3 is 2.75 bits per heavy atom. The average molecular weight is 322 g/mol. The number of ketones is 1. The lowest BCUT2D eigenvalue weighted by molar-refractivity contribution is -0.125. The van der Waals surface area contributed by atoms with Gasteiger partial charge in [0, 0.05) is 31.8 Å². The van der Waals surface area contributed by atoms with E-state index in [1.807, 2.05) is 30.3 Å². The monoisotopic (exact) mass is 322 g/mol. The van der Waals surface area contributed by atoms with Gasteiger partial charge in [0.1, 0.15) is 17.9 Å². The Labute approximate surface area is 140 Å². The largest absolute Gasteiger partial charge is 0.395 e. The van der Waals surface area contributed by atoms with Gasteiger partial charge in [-0.3, -0.25) is 4.79 Å². The van der Waals surface area contributed by atoms with Crippen LogP contribution in [0.2, 0.25) is 0 Å². The fraction of sp³-hybridized carbons (Fsp3) is 0.263. The van der Waals surface area contributed by atoms with Gasteiger partial charge in [0.05, 0.1) is 6.61 Å². The number of carbonyl (C=O) groups is 1. The Morgan fingerprint density at radius 1 is 1.38 bits per heavy atom. The average Bonchev–Trinajstić information content (AvgIpc) is 2.61. The summed E-state index contributed by atoms with van der Waals surface area (Å²) in [4.78, 5) is 13.9. The summed E-state index contributed by atoms with van der Waals surface area (Å²) in [6.07, 6.45) is 3.23. The van der Waals surface area contributed by atoms with Crippen LogP contribution in [0.5, 0.6) is 0 Å². The van der Waals surface area contributed by atoms with E-state index in [0.29, 0.717) is 12.2 Å². The summed E-state index contributed by atoms with van der Waals surface area (Å²) in [7, 11) is 1.51. The van der Waals surface area contributed by atoms with Crippen molar-refractivity contribution in [1.82, 2.24) is 4.90 Å². The molecule has 2 aliphatic rings. The molecule has 24 heavy (non-hydrogen) atoms. The minimum atomic E-state index is -0.597. The lowest BCUT2D eigenvalue weighted by Gasteiger charge is -2.33. The molecule has 0 amide bonds. The van der Waals surface area contributed by atoms with E-state index in [0.717, 1.165) is 22.3 Å². The number of aliphatic hydroxyl groups is 1. The predicted octanol–water partition coefficient (Wildman–Crippen LogP) is 2.03. The van der Waals surface area contributed by atoms with Crippen LogP contribution in [0.15, 0.2) is 59.5 Å². The zero-order chi connectivity index (χ0) is 17.1. The second-order valence-electron chi connectivity index (χ2n) is 5.65. The Bertz CT molecular complexity index is 785. The van der Waals surface area contributed by atoms with Crippen LogP contribution in [-0.4, -0.2) is 42.2 Å². The number of carbonyl (C=O) groups excluding carboxylic acids is 1. The molecule has 5 nitrogen and oxygen atoms in total. The maximum absolute atomic E-state index is 12.2. The summed E-state index contributed by atoms with van der Waals surface area (Å²) in [6, 6.07) is 11.9. The van der Waals surface area contributed by atoms with Crippen molar-refractivity contribution >= 4 is 11.4 Å². The van der Waals surface area contributed by atoms with Crippen molar-refractivity contribution in [3.8, 4) is 6.07 Å². The predicted molar refractivity (Wildman–Crippen MR) is 89.4 cm³/mol. The number of Topliss-reactive ketones (excluding diaryl/α,β-unsaturated/α-hetero) is 1. The maximum atomic E-state index is 12.2. The summed E-state index contributed by atoms with van der Waals surface area (Å²) in [5.41, 5.74) is 3.85. The summed E-state index contributed by atoms with van der Waals surface area (Å²) in [5, 5.41) is 19.0. The van der Waals surface area contributed by atoms with Gasteiger partial charge in [0.2, 0.25) is 0 Å². The van der Waals surface area contributed by atoms with Crippen LogP contribution in [0.25, 0.3) is 5.57 Å². The molecule has 3 rings (SSSR count). The molecule has 1 heterocycles. The minimum absolute atomic E-state index is 0.00994. The van der Waals surface area contributed by atoms with E-state index in [-0.39, 0.29) is 18.8 Å². The third-order valence-corrected chi connectivity index (χ3v) is 4.21. The van der Waals surface area contributed by atoms with Crippen LogP contribution >= 0.6 is 0 Å². The van der Waals surface area contributed by atoms with E-state index in [4.69, 9.17) is 4.74 Å². The van der Waals surface area contributed by atoms with Gasteiger partial charge >= 0.3 is 0 Å². The van der Waals surface area contributed by atoms with Crippen molar-refractivity contribution in [2.75, 3.05) is 20.3 Å². The van der Waals surface area contributed by atoms with Crippen LogP contribution in [0.1, 0.15) is 12.0 Å². The van der Waals surface area contributed by atoms with Crippen LogP contribution in [0.4, 0.5) is 0 Å². The molecule has 0 bridgehead atoms. The lowest BCUT2D eigenvalue weighted by Crippen LogP contribution is -2.31. The van der Waals surface area contributed by atoms with E-state index in [9.17, 15) is 15.2 Å². The second-order valence-corrected chi connectivity index (χ2v) is 5.65. The molecule has 1 aromatic carbocycles. The molecule has 122 valence electrons. The standard InChI is InChI=1S/C19H18N2O3/c1-24-18-10-15-14(9-17(18)23)12-21(7-8-22)16(11-20)19(15)13-5-3-2-4-6-13/h2-6,10,12,18,22H,7-9H2,1H3. The van der Waals surface area contributed by atoms with E-state index in [1.165, 1.54) is 7.11 Å². The van der Waals surface area contributed by atoms with Gasteiger partial charge in [-0.2, -0.15) is 5.26 Å². The number of β-amino-alcohol motifs (C(OH)–C–C–N with tert-alkyl or cyclic N) is 1. The molecule has 0 fully saturated rings. The third-order valence-electron chi connectivity index (χ3n) is 4.21. The quantitative estimate of drug-likeness (QED) is 0.918. The molecule has 0 saturated carbocycles. The van der Waals surface area contributed by atoms with Gasteiger partial charge in [-0.15, -0.1) is 0 Å². The summed E-state index contributed by atoms with van der Waals surface area (Å²) < 4.78 is 5.27. The second kappa shape index (κ2) is 6.83.